The van der Waals surface area contributed by atoms with Crippen LogP contribution in [0, 0.1) is 5.82 Å². The lowest BCUT2D eigenvalue weighted by Gasteiger charge is -2.37. The smallest absolute Gasteiger partial charge is 0.257 e. The van der Waals surface area contributed by atoms with Crippen LogP contribution in [0.1, 0.15) is 49.4 Å². The molecule has 1 amide bonds. The van der Waals surface area contributed by atoms with Crippen LogP contribution in [0.3, 0.4) is 0 Å². The summed E-state index contributed by atoms with van der Waals surface area (Å²) in [6.07, 6.45) is 5.59. The highest BCUT2D eigenvalue weighted by molar-refractivity contribution is 7.79. The first kappa shape index (κ1) is 22.1. The molecule has 1 N–H and O–H groups in total. The van der Waals surface area contributed by atoms with Crippen LogP contribution in [-0.2, 0) is 11.1 Å². The third-order valence-electron chi connectivity index (χ3n) is 6.61. The maximum absolute atomic E-state index is 14.9. The van der Waals surface area contributed by atoms with Gasteiger partial charge in [0.25, 0.3) is 5.91 Å². The number of halogens is 1. The zero-order valence-electron chi connectivity index (χ0n) is 17.8. The molecule has 166 valence electrons. The molecule has 0 radical (unpaired) electrons. The van der Waals surface area contributed by atoms with E-state index in [0.29, 0.717) is 23.0 Å². The van der Waals surface area contributed by atoms with Crippen LogP contribution in [0.5, 0.6) is 0 Å². The lowest BCUT2D eigenvalue weighted by atomic mass is 10.0. The van der Waals surface area contributed by atoms with E-state index in [1.54, 1.807) is 36.4 Å². The highest BCUT2D eigenvalue weighted by Gasteiger charge is 2.33. The van der Waals surface area contributed by atoms with E-state index in [0.717, 1.165) is 31.5 Å². The quantitative estimate of drug-likeness (QED) is 0.687. The van der Waals surface area contributed by atoms with Crippen LogP contribution in [-0.4, -0.2) is 56.2 Å². The predicted molar refractivity (Wildman–Crippen MR) is 120 cm³/mol. The van der Waals surface area contributed by atoms with Crippen molar-refractivity contribution in [1.29, 1.82) is 0 Å². The zero-order chi connectivity index (χ0) is 22.0. The first-order valence-corrected chi connectivity index (χ1v) is 12.1. The van der Waals surface area contributed by atoms with Gasteiger partial charge in [-0.25, -0.2) is 8.60 Å². The molecular formula is C24H29FN2O3S. The first-order valence-electron chi connectivity index (χ1n) is 11.0. The van der Waals surface area contributed by atoms with Crippen molar-refractivity contribution >= 4 is 17.0 Å². The van der Waals surface area contributed by atoms with Gasteiger partial charge in [0.05, 0.1) is 10.5 Å². The molecule has 4 rings (SSSR count). The Hall–Kier alpha value is -2.09. The van der Waals surface area contributed by atoms with E-state index in [1.165, 1.54) is 25.3 Å². The van der Waals surface area contributed by atoms with Gasteiger partial charge in [-0.15, -0.1) is 0 Å². The lowest BCUT2D eigenvalue weighted by molar-refractivity contribution is 0.0647. The molecule has 2 fully saturated rings. The first-order chi connectivity index (χ1) is 14.9. The Kier molecular flexibility index (Phi) is 6.84. The Morgan fingerprint density at radius 2 is 1.81 bits per heavy atom. The molecule has 5 nitrogen and oxygen atoms in total. The van der Waals surface area contributed by atoms with Gasteiger partial charge < -0.3 is 9.45 Å². The van der Waals surface area contributed by atoms with Gasteiger partial charge >= 0.3 is 0 Å². The van der Waals surface area contributed by atoms with Crippen LogP contribution in [0.4, 0.5) is 4.39 Å². The summed E-state index contributed by atoms with van der Waals surface area (Å²) in [5.74, 6) is -0.767. The maximum atomic E-state index is 14.9. The average Bonchev–Trinajstić information content (AvgIpc) is 3.23. The van der Waals surface area contributed by atoms with Crippen molar-refractivity contribution in [3.8, 4) is 11.1 Å². The Morgan fingerprint density at radius 1 is 1.06 bits per heavy atom. The van der Waals surface area contributed by atoms with E-state index < -0.39 is 16.9 Å². The molecule has 3 atom stereocenters. The normalized spacial score (nSPS) is 23.1. The van der Waals surface area contributed by atoms with Crippen molar-refractivity contribution in [3.63, 3.8) is 0 Å². The van der Waals surface area contributed by atoms with Crippen molar-refractivity contribution in [2.45, 2.75) is 56.0 Å². The summed E-state index contributed by atoms with van der Waals surface area (Å²) < 4.78 is 35.2. The monoisotopic (exact) mass is 444 g/mol. The number of likely N-dealkylation sites (tertiary alicyclic amines) is 2. The molecule has 7 heteroatoms. The fourth-order valence-electron chi connectivity index (χ4n) is 4.78. The fraction of sp³-hybridized carbons (Fsp3) is 0.458. The number of benzene rings is 2. The number of carbonyl (C=O) groups excluding carboxylic acids is 1. The number of hydrogen-bond acceptors (Lipinski definition) is 3. The summed E-state index contributed by atoms with van der Waals surface area (Å²) in [6.45, 7) is 4.87. The van der Waals surface area contributed by atoms with E-state index in [2.05, 4.69) is 11.8 Å². The minimum absolute atomic E-state index is 0.107. The largest absolute Gasteiger partial charge is 0.334 e. The lowest BCUT2D eigenvalue weighted by Crippen LogP contribution is -2.47. The van der Waals surface area contributed by atoms with E-state index in [9.17, 15) is 13.4 Å². The molecule has 0 aliphatic carbocycles. The van der Waals surface area contributed by atoms with Crippen LogP contribution in [0.25, 0.3) is 11.1 Å². The molecular weight excluding hydrogens is 415 g/mol. The Bertz CT molecular complexity index is 966. The van der Waals surface area contributed by atoms with Crippen molar-refractivity contribution in [1.82, 2.24) is 9.80 Å². The summed E-state index contributed by atoms with van der Waals surface area (Å²) in [4.78, 5) is 17.8. The molecule has 31 heavy (non-hydrogen) atoms. The highest BCUT2D eigenvalue weighted by Crippen LogP contribution is 2.27. The number of hydrogen-bond donors (Lipinski definition) is 1. The molecule has 2 aromatic carbocycles. The van der Waals surface area contributed by atoms with Crippen molar-refractivity contribution in [2.24, 2.45) is 0 Å². The third-order valence-corrected chi connectivity index (χ3v) is 7.29. The summed E-state index contributed by atoms with van der Waals surface area (Å²) in [5.41, 5.74) is 1.46. The molecule has 2 heterocycles. The second-order valence-corrected chi connectivity index (χ2v) is 9.57. The second-order valence-electron chi connectivity index (χ2n) is 8.60. The second kappa shape index (κ2) is 9.59. The maximum Gasteiger partial charge on any atom is 0.257 e. The highest BCUT2D eigenvalue weighted by atomic mass is 32.2. The van der Waals surface area contributed by atoms with Gasteiger partial charge in [-0.05, 0) is 74.5 Å². The summed E-state index contributed by atoms with van der Waals surface area (Å²) in [5, 5.41) is 0. The van der Waals surface area contributed by atoms with Gasteiger partial charge in [0.2, 0.25) is 0 Å². The number of rotatable bonds is 5. The molecule has 2 aliphatic heterocycles. The van der Waals surface area contributed by atoms with Gasteiger partial charge in [-0.2, -0.15) is 0 Å². The Morgan fingerprint density at radius 3 is 2.48 bits per heavy atom. The van der Waals surface area contributed by atoms with Gasteiger partial charge in [0.1, 0.15) is 5.82 Å². The molecule has 0 spiro atoms. The zero-order valence-corrected chi connectivity index (χ0v) is 18.6. The van der Waals surface area contributed by atoms with Gasteiger partial charge in [0, 0.05) is 25.2 Å². The topological polar surface area (TPSA) is 60.9 Å². The number of carbonyl (C=O) groups is 1. The summed E-state index contributed by atoms with van der Waals surface area (Å²) in [6, 6.07) is 11.8. The summed E-state index contributed by atoms with van der Waals surface area (Å²) >= 11 is -2.05. The molecule has 0 aromatic heterocycles. The SMILES string of the molecule is CC1CCCCN1CC1CCCN1C(=O)c1ccc(-c2ccc(S(=O)O)cc2)cc1F. The molecule has 3 unspecified atom stereocenters. The van der Waals surface area contributed by atoms with E-state index in [4.69, 9.17) is 4.55 Å². The summed E-state index contributed by atoms with van der Waals surface area (Å²) in [7, 11) is 0. The number of piperidine rings is 1. The Labute approximate surface area is 185 Å². The van der Waals surface area contributed by atoms with Crippen LogP contribution in [0.15, 0.2) is 47.4 Å². The fourth-order valence-corrected chi connectivity index (χ4v) is 5.15. The minimum Gasteiger partial charge on any atom is -0.334 e. The van der Waals surface area contributed by atoms with Crippen LogP contribution in [0.2, 0.25) is 0 Å². The van der Waals surface area contributed by atoms with Gasteiger partial charge in [-0.1, -0.05) is 24.6 Å². The van der Waals surface area contributed by atoms with Crippen LogP contribution >= 0.6 is 0 Å². The number of nitrogens with zero attached hydrogens (tertiary/aromatic N) is 2. The van der Waals surface area contributed by atoms with E-state index in [1.807, 2.05) is 4.90 Å². The van der Waals surface area contributed by atoms with E-state index in [-0.39, 0.29) is 17.5 Å². The molecule has 2 aromatic rings. The van der Waals surface area contributed by atoms with E-state index >= 15 is 0 Å². The molecule has 0 saturated carbocycles. The van der Waals surface area contributed by atoms with Crippen molar-refractivity contribution in [3.05, 3.63) is 53.8 Å². The molecule has 2 aliphatic rings. The minimum atomic E-state index is -2.05. The average molecular weight is 445 g/mol. The van der Waals surface area contributed by atoms with Crippen molar-refractivity contribution < 1.29 is 17.9 Å². The van der Waals surface area contributed by atoms with Gasteiger partial charge in [0.15, 0.2) is 11.1 Å². The van der Waals surface area contributed by atoms with Crippen LogP contribution < -0.4 is 0 Å². The van der Waals surface area contributed by atoms with Gasteiger partial charge in [-0.3, -0.25) is 9.69 Å². The Balaban J connectivity index is 1.49. The third kappa shape index (κ3) is 4.89. The standard InChI is InChI=1S/C24H29FN2O3S/c1-17-5-2-3-13-26(17)16-20-6-4-14-27(20)24(28)22-12-9-19(15-23(22)25)18-7-10-21(11-8-18)31(29)30/h7-12,15,17,20H,2-6,13-14,16H2,1H3,(H,29,30). The predicted octanol–water partition coefficient (Wildman–Crippen LogP) is 4.55. The molecule has 2 saturated heterocycles. The number of amides is 1. The molecule has 0 bridgehead atoms. The van der Waals surface area contributed by atoms with Crippen molar-refractivity contribution in [2.75, 3.05) is 19.6 Å².